The van der Waals surface area contributed by atoms with E-state index in [0.29, 0.717) is 25.7 Å². The Labute approximate surface area is 106 Å². The van der Waals surface area contributed by atoms with Gasteiger partial charge in [-0.1, -0.05) is 0 Å². The maximum Gasteiger partial charge on any atom is 0.220 e. The third-order valence-electron chi connectivity index (χ3n) is 4.06. The number of carbonyl (C=O) groups is 2. The third-order valence-corrected chi connectivity index (χ3v) is 6.65. The first-order chi connectivity index (χ1) is 8.26. The Morgan fingerprint density at radius 2 is 1.89 bits per heavy atom. The van der Waals surface area contributed by atoms with Crippen LogP contribution in [0.4, 0.5) is 0 Å². The zero-order chi connectivity index (χ0) is 13.6. The van der Waals surface area contributed by atoms with Gasteiger partial charge in [0.1, 0.15) is 0 Å². The highest BCUT2D eigenvalue weighted by Crippen LogP contribution is 2.49. The molecule has 3 N–H and O–H groups in total. The van der Waals surface area contributed by atoms with Crippen LogP contribution in [0.5, 0.6) is 0 Å². The number of amides is 2. The van der Waals surface area contributed by atoms with Crippen molar-refractivity contribution in [2.75, 3.05) is 5.75 Å². The van der Waals surface area contributed by atoms with Gasteiger partial charge in [-0.05, 0) is 25.7 Å². The van der Waals surface area contributed by atoms with Crippen LogP contribution in [-0.4, -0.2) is 36.8 Å². The van der Waals surface area contributed by atoms with E-state index < -0.39 is 20.5 Å². The zero-order valence-electron chi connectivity index (χ0n) is 10.3. The molecule has 1 atom stereocenters. The Morgan fingerprint density at radius 1 is 1.28 bits per heavy atom. The van der Waals surface area contributed by atoms with Gasteiger partial charge in [-0.25, -0.2) is 8.42 Å². The monoisotopic (exact) mass is 274 g/mol. The van der Waals surface area contributed by atoms with E-state index in [4.69, 9.17) is 5.73 Å². The van der Waals surface area contributed by atoms with Crippen LogP contribution in [0.2, 0.25) is 0 Å². The zero-order valence-corrected chi connectivity index (χ0v) is 11.1. The van der Waals surface area contributed by atoms with Gasteiger partial charge >= 0.3 is 0 Å². The summed E-state index contributed by atoms with van der Waals surface area (Å²) in [5.41, 5.74) is 5.19. The Hall–Kier alpha value is -1.11. The van der Waals surface area contributed by atoms with Gasteiger partial charge in [-0.3, -0.25) is 9.59 Å². The number of hydrogen-bond acceptors (Lipinski definition) is 4. The van der Waals surface area contributed by atoms with Crippen LogP contribution in [-0.2, 0) is 19.4 Å². The van der Waals surface area contributed by atoms with Crippen molar-refractivity contribution in [3.8, 4) is 0 Å². The molecular formula is C11H18N2O4S. The Bertz CT molecular complexity index is 479. The largest absolute Gasteiger partial charge is 0.369 e. The molecule has 1 saturated heterocycles. The molecule has 0 radical (unpaired) electrons. The van der Waals surface area contributed by atoms with Gasteiger partial charge in [0, 0.05) is 18.9 Å². The van der Waals surface area contributed by atoms with E-state index >= 15 is 0 Å². The van der Waals surface area contributed by atoms with Gasteiger partial charge in [-0.2, -0.15) is 0 Å². The number of rotatable bonds is 2. The maximum atomic E-state index is 12.1. The number of primary amides is 1. The standard InChI is InChI=1S/C11H18N2O4S/c1-7(14)13-9-2-3-18(16,17)11(6-9)4-8(5-11)10(12)15/h8-9H,2-6H2,1H3,(H2,12,15)(H,13,14). The number of hydrogen-bond donors (Lipinski definition) is 2. The lowest BCUT2D eigenvalue weighted by atomic mass is 9.70. The molecule has 0 bridgehead atoms. The van der Waals surface area contributed by atoms with Crippen molar-refractivity contribution in [3.05, 3.63) is 0 Å². The summed E-state index contributed by atoms with van der Waals surface area (Å²) in [5.74, 6) is -0.850. The average molecular weight is 274 g/mol. The van der Waals surface area contributed by atoms with Crippen LogP contribution in [0.3, 0.4) is 0 Å². The minimum Gasteiger partial charge on any atom is -0.369 e. The first-order valence-electron chi connectivity index (χ1n) is 6.04. The molecule has 1 aliphatic heterocycles. The van der Waals surface area contributed by atoms with E-state index in [1.54, 1.807) is 0 Å². The minimum absolute atomic E-state index is 0.0728. The molecule has 2 rings (SSSR count). The Kier molecular flexibility index (Phi) is 3.12. The maximum absolute atomic E-state index is 12.1. The average Bonchev–Trinajstić information content (AvgIpc) is 2.16. The van der Waals surface area contributed by atoms with Gasteiger partial charge in [0.25, 0.3) is 0 Å². The number of carbonyl (C=O) groups excluding carboxylic acids is 2. The van der Waals surface area contributed by atoms with E-state index in [0.717, 1.165) is 0 Å². The van der Waals surface area contributed by atoms with Gasteiger partial charge in [0.15, 0.2) is 9.84 Å². The SMILES string of the molecule is CC(=O)NC1CCS(=O)(=O)C2(C1)CC(C(N)=O)C2. The summed E-state index contributed by atoms with van der Waals surface area (Å²) in [6, 6.07) is -0.111. The highest BCUT2D eigenvalue weighted by molar-refractivity contribution is 7.92. The van der Waals surface area contributed by atoms with Crippen molar-refractivity contribution in [3.63, 3.8) is 0 Å². The first kappa shape index (κ1) is 13.3. The van der Waals surface area contributed by atoms with Crippen LogP contribution in [0, 0.1) is 5.92 Å². The minimum atomic E-state index is -3.18. The molecule has 1 aliphatic carbocycles. The van der Waals surface area contributed by atoms with E-state index in [1.807, 2.05) is 0 Å². The highest BCUT2D eigenvalue weighted by atomic mass is 32.2. The predicted octanol–water partition coefficient (Wildman–Crippen LogP) is -0.666. The summed E-state index contributed by atoms with van der Waals surface area (Å²) in [4.78, 5) is 22.1. The van der Waals surface area contributed by atoms with Crippen LogP contribution in [0.1, 0.15) is 32.6 Å². The van der Waals surface area contributed by atoms with E-state index in [2.05, 4.69) is 5.32 Å². The summed E-state index contributed by atoms with van der Waals surface area (Å²) in [5, 5.41) is 2.77. The van der Waals surface area contributed by atoms with Crippen LogP contribution in [0.25, 0.3) is 0 Å². The van der Waals surface area contributed by atoms with E-state index in [-0.39, 0.29) is 23.6 Å². The summed E-state index contributed by atoms with van der Waals surface area (Å²) < 4.78 is 23.4. The second-order valence-corrected chi connectivity index (χ2v) is 7.90. The fourth-order valence-corrected chi connectivity index (χ4v) is 5.46. The van der Waals surface area contributed by atoms with Crippen LogP contribution in [0.15, 0.2) is 0 Å². The van der Waals surface area contributed by atoms with E-state index in [9.17, 15) is 18.0 Å². The topological polar surface area (TPSA) is 106 Å². The molecule has 2 fully saturated rings. The van der Waals surface area contributed by atoms with Crippen molar-refractivity contribution in [2.24, 2.45) is 11.7 Å². The molecule has 1 spiro atoms. The molecule has 0 aromatic heterocycles. The summed E-state index contributed by atoms with van der Waals surface area (Å²) in [6.07, 6.45) is 1.46. The summed E-state index contributed by atoms with van der Waals surface area (Å²) >= 11 is 0. The smallest absolute Gasteiger partial charge is 0.220 e. The quantitative estimate of drug-likeness (QED) is 0.696. The molecule has 7 heteroatoms. The lowest BCUT2D eigenvalue weighted by Gasteiger charge is -2.49. The molecule has 0 aromatic rings. The van der Waals surface area contributed by atoms with Crippen LogP contribution >= 0.6 is 0 Å². The Balaban J connectivity index is 2.12. The fourth-order valence-electron chi connectivity index (χ4n) is 3.06. The van der Waals surface area contributed by atoms with Crippen molar-refractivity contribution >= 4 is 21.7 Å². The summed E-state index contributed by atoms with van der Waals surface area (Å²) in [7, 11) is -3.18. The van der Waals surface area contributed by atoms with Crippen LogP contribution < -0.4 is 11.1 Å². The number of nitrogens with one attached hydrogen (secondary N) is 1. The molecule has 2 amide bonds. The predicted molar refractivity (Wildman–Crippen MR) is 65.3 cm³/mol. The molecule has 1 saturated carbocycles. The third kappa shape index (κ3) is 2.11. The van der Waals surface area contributed by atoms with Crippen molar-refractivity contribution in [1.29, 1.82) is 0 Å². The highest BCUT2D eigenvalue weighted by Gasteiger charge is 2.57. The molecular weight excluding hydrogens is 256 g/mol. The number of sulfone groups is 1. The summed E-state index contributed by atoms with van der Waals surface area (Å²) in [6.45, 7) is 1.42. The first-order valence-corrected chi connectivity index (χ1v) is 7.70. The van der Waals surface area contributed by atoms with Gasteiger partial charge < -0.3 is 11.1 Å². The van der Waals surface area contributed by atoms with Crippen molar-refractivity contribution in [1.82, 2.24) is 5.32 Å². The lowest BCUT2D eigenvalue weighted by Crippen LogP contribution is -2.60. The second kappa shape index (κ2) is 4.22. The molecule has 102 valence electrons. The van der Waals surface area contributed by atoms with Crippen molar-refractivity contribution < 1.29 is 18.0 Å². The van der Waals surface area contributed by atoms with E-state index in [1.165, 1.54) is 6.92 Å². The fraction of sp³-hybridized carbons (Fsp3) is 0.818. The molecule has 0 aromatic carbocycles. The van der Waals surface area contributed by atoms with Gasteiger partial charge in [0.2, 0.25) is 11.8 Å². The molecule has 1 unspecified atom stereocenters. The molecule has 2 aliphatic rings. The normalized spacial score (nSPS) is 37.8. The Morgan fingerprint density at radius 3 is 2.39 bits per heavy atom. The van der Waals surface area contributed by atoms with Gasteiger partial charge in [-0.15, -0.1) is 0 Å². The van der Waals surface area contributed by atoms with Gasteiger partial charge in [0.05, 0.1) is 10.5 Å². The second-order valence-electron chi connectivity index (χ2n) is 5.40. The molecule has 1 heterocycles. The lowest BCUT2D eigenvalue weighted by molar-refractivity contribution is -0.126. The molecule has 18 heavy (non-hydrogen) atoms. The molecule has 6 nitrogen and oxygen atoms in total. The van der Waals surface area contributed by atoms with Crippen molar-refractivity contribution in [2.45, 2.75) is 43.4 Å². The number of nitrogens with two attached hydrogens (primary N) is 1.